The van der Waals surface area contributed by atoms with E-state index in [1.54, 1.807) is 0 Å². The Hall–Kier alpha value is -2.25. The molecule has 1 amide bonds. The lowest BCUT2D eigenvalue weighted by Gasteiger charge is -2.09. The van der Waals surface area contributed by atoms with E-state index in [1.165, 1.54) is 0 Å². The first kappa shape index (κ1) is 18.8. The zero-order valence-electron chi connectivity index (χ0n) is 12.9. The molecule has 23 heavy (non-hydrogen) atoms. The minimum atomic E-state index is -4.41. The van der Waals surface area contributed by atoms with Crippen LogP contribution in [0.15, 0.2) is 29.3 Å². The fourth-order valence-electron chi connectivity index (χ4n) is 1.69. The summed E-state index contributed by atoms with van der Waals surface area (Å²) in [6.07, 6.45) is -2.43. The van der Waals surface area contributed by atoms with Gasteiger partial charge in [-0.25, -0.2) is 0 Å². The summed E-state index contributed by atoms with van der Waals surface area (Å²) < 4.78 is 37.3. The Balaban J connectivity index is 2.35. The first-order valence-electron chi connectivity index (χ1n) is 7.34. The van der Waals surface area contributed by atoms with Crippen LogP contribution in [0.25, 0.3) is 0 Å². The van der Waals surface area contributed by atoms with Gasteiger partial charge in [0.2, 0.25) is 0 Å². The van der Waals surface area contributed by atoms with Crippen molar-refractivity contribution in [3.63, 3.8) is 0 Å². The molecule has 0 aliphatic carbocycles. The summed E-state index contributed by atoms with van der Waals surface area (Å²) in [5.41, 5.74) is 5.00. The van der Waals surface area contributed by atoms with Crippen LogP contribution in [-0.2, 0) is 6.18 Å². The number of rotatable bonds is 7. The predicted molar refractivity (Wildman–Crippen MR) is 83.2 cm³/mol. The number of nitrogens with two attached hydrogens (primary N) is 1. The Bertz CT molecular complexity index is 527. The van der Waals surface area contributed by atoms with E-state index in [1.807, 2.05) is 0 Å². The van der Waals surface area contributed by atoms with Gasteiger partial charge >= 0.3 is 6.18 Å². The van der Waals surface area contributed by atoms with Gasteiger partial charge in [-0.15, -0.1) is 0 Å². The zero-order chi connectivity index (χ0) is 17.3. The van der Waals surface area contributed by atoms with Crippen molar-refractivity contribution in [2.24, 2.45) is 10.7 Å². The van der Waals surface area contributed by atoms with Gasteiger partial charge in [-0.05, 0) is 30.7 Å². The number of benzene rings is 1. The molecule has 1 aromatic carbocycles. The van der Waals surface area contributed by atoms with Gasteiger partial charge in [0.15, 0.2) is 5.96 Å². The van der Waals surface area contributed by atoms with Crippen LogP contribution in [-0.4, -0.2) is 31.5 Å². The quantitative estimate of drug-likeness (QED) is 0.407. The van der Waals surface area contributed by atoms with E-state index in [2.05, 4.69) is 22.5 Å². The van der Waals surface area contributed by atoms with Crippen molar-refractivity contribution in [3.8, 4) is 0 Å². The topological polar surface area (TPSA) is 79.5 Å². The maximum absolute atomic E-state index is 12.4. The first-order chi connectivity index (χ1) is 10.8. The number of aliphatic imine (C=N–C) groups is 1. The van der Waals surface area contributed by atoms with Crippen molar-refractivity contribution in [2.75, 3.05) is 19.6 Å². The van der Waals surface area contributed by atoms with Crippen LogP contribution in [0.4, 0.5) is 13.2 Å². The standard InChI is InChI=1S/C15H21F3N4O/c1-2-3-8-21-14(19)22-10-9-20-13(23)11-4-6-12(7-5-11)15(16,17)18/h4-7H,2-3,8-10H2,1H3,(H,20,23)(H3,19,21,22). The zero-order valence-corrected chi connectivity index (χ0v) is 12.9. The highest BCUT2D eigenvalue weighted by atomic mass is 19.4. The van der Waals surface area contributed by atoms with Crippen molar-refractivity contribution < 1.29 is 18.0 Å². The van der Waals surface area contributed by atoms with Crippen molar-refractivity contribution >= 4 is 11.9 Å². The first-order valence-corrected chi connectivity index (χ1v) is 7.34. The van der Waals surface area contributed by atoms with Crippen LogP contribution in [0.1, 0.15) is 35.7 Å². The molecular weight excluding hydrogens is 309 g/mol. The highest BCUT2D eigenvalue weighted by molar-refractivity contribution is 5.94. The van der Waals surface area contributed by atoms with Gasteiger partial charge < -0.3 is 16.4 Å². The molecule has 8 heteroatoms. The smallest absolute Gasteiger partial charge is 0.370 e. The highest BCUT2D eigenvalue weighted by Crippen LogP contribution is 2.28. The van der Waals surface area contributed by atoms with Gasteiger partial charge in [-0.3, -0.25) is 9.79 Å². The molecule has 0 saturated heterocycles. The average molecular weight is 330 g/mol. The largest absolute Gasteiger partial charge is 0.416 e. The molecule has 0 saturated carbocycles. The molecule has 0 aliphatic heterocycles. The molecule has 4 N–H and O–H groups in total. The van der Waals surface area contributed by atoms with Gasteiger partial charge in [-0.2, -0.15) is 13.2 Å². The second-order valence-corrected chi connectivity index (χ2v) is 4.88. The van der Waals surface area contributed by atoms with Crippen molar-refractivity contribution in [1.82, 2.24) is 10.6 Å². The maximum atomic E-state index is 12.4. The summed E-state index contributed by atoms with van der Waals surface area (Å²) in [5.74, 6) is -0.135. The number of hydrogen-bond acceptors (Lipinski definition) is 2. The predicted octanol–water partition coefficient (Wildman–Crippen LogP) is 2.14. The molecule has 0 radical (unpaired) electrons. The summed E-state index contributed by atoms with van der Waals surface area (Å²) in [6.45, 7) is 3.36. The molecule has 5 nitrogen and oxygen atoms in total. The van der Waals surface area contributed by atoms with E-state index in [9.17, 15) is 18.0 Å². The Morgan fingerprint density at radius 2 is 1.78 bits per heavy atom. The monoisotopic (exact) mass is 330 g/mol. The molecule has 0 aromatic heterocycles. The Labute approximate surface area is 133 Å². The number of carbonyl (C=O) groups is 1. The molecule has 1 rings (SSSR count). The third-order valence-electron chi connectivity index (χ3n) is 2.98. The second kappa shape index (κ2) is 9.02. The van der Waals surface area contributed by atoms with Gasteiger partial charge in [-0.1, -0.05) is 13.3 Å². The molecule has 0 spiro atoms. The highest BCUT2D eigenvalue weighted by Gasteiger charge is 2.30. The van der Waals surface area contributed by atoms with Crippen molar-refractivity contribution in [2.45, 2.75) is 25.9 Å². The van der Waals surface area contributed by atoms with E-state index in [-0.39, 0.29) is 12.1 Å². The molecule has 128 valence electrons. The molecule has 0 atom stereocenters. The molecular formula is C15H21F3N4O. The summed E-state index contributed by atoms with van der Waals surface area (Å²) in [5, 5.41) is 5.43. The third-order valence-corrected chi connectivity index (χ3v) is 2.98. The van der Waals surface area contributed by atoms with Gasteiger partial charge in [0, 0.05) is 25.2 Å². The summed E-state index contributed by atoms with van der Waals surface area (Å²) in [7, 11) is 0. The van der Waals surface area contributed by atoms with Crippen molar-refractivity contribution in [1.29, 1.82) is 0 Å². The molecule has 1 aromatic rings. The van der Waals surface area contributed by atoms with Crippen LogP contribution in [0.5, 0.6) is 0 Å². The number of nitrogens with zero attached hydrogens (tertiary/aromatic N) is 1. The van der Waals surface area contributed by atoms with E-state index in [0.717, 1.165) is 37.1 Å². The summed E-state index contributed by atoms with van der Waals surface area (Å²) in [6, 6.07) is 4.05. The van der Waals surface area contributed by atoms with Gasteiger partial charge in [0.05, 0.1) is 5.56 Å². The lowest BCUT2D eigenvalue weighted by atomic mass is 10.1. The van der Waals surface area contributed by atoms with E-state index in [4.69, 9.17) is 5.73 Å². The van der Waals surface area contributed by atoms with Crippen LogP contribution in [0.2, 0.25) is 0 Å². The molecule has 0 fully saturated rings. The van der Waals surface area contributed by atoms with Crippen LogP contribution >= 0.6 is 0 Å². The summed E-state index contributed by atoms with van der Waals surface area (Å²) >= 11 is 0. The molecule has 0 unspecified atom stereocenters. The number of guanidine groups is 1. The van der Waals surface area contributed by atoms with E-state index < -0.39 is 17.6 Å². The summed E-state index contributed by atoms with van der Waals surface area (Å²) in [4.78, 5) is 15.9. The van der Waals surface area contributed by atoms with Crippen molar-refractivity contribution in [3.05, 3.63) is 35.4 Å². The normalized spacial score (nSPS) is 12.1. The second-order valence-electron chi connectivity index (χ2n) is 4.88. The number of hydrogen-bond donors (Lipinski definition) is 3. The number of unbranched alkanes of at least 4 members (excludes halogenated alkanes) is 1. The number of alkyl halides is 3. The lowest BCUT2D eigenvalue weighted by molar-refractivity contribution is -0.137. The minimum absolute atomic E-state index is 0.169. The lowest BCUT2D eigenvalue weighted by Crippen LogP contribution is -2.38. The van der Waals surface area contributed by atoms with Gasteiger partial charge in [0.25, 0.3) is 5.91 Å². The van der Waals surface area contributed by atoms with Crippen LogP contribution < -0.4 is 16.4 Å². The molecule has 0 bridgehead atoms. The Morgan fingerprint density at radius 1 is 1.17 bits per heavy atom. The SMILES string of the molecule is CCCCN=C(N)NCCNC(=O)c1ccc(C(F)(F)F)cc1. The number of amides is 1. The number of halogens is 3. The Kier molecular flexibility index (Phi) is 7.37. The van der Waals surface area contributed by atoms with Crippen LogP contribution in [0.3, 0.4) is 0 Å². The Morgan fingerprint density at radius 3 is 2.35 bits per heavy atom. The third kappa shape index (κ3) is 7.03. The maximum Gasteiger partial charge on any atom is 0.416 e. The van der Waals surface area contributed by atoms with E-state index in [0.29, 0.717) is 19.0 Å². The number of nitrogens with one attached hydrogen (secondary N) is 2. The minimum Gasteiger partial charge on any atom is -0.370 e. The fourth-order valence-corrected chi connectivity index (χ4v) is 1.69. The molecule has 0 aliphatic rings. The van der Waals surface area contributed by atoms with Crippen LogP contribution in [0, 0.1) is 0 Å². The van der Waals surface area contributed by atoms with E-state index >= 15 is 0 Å². The average Bonchev–Trinajstić information content (AvgIpc) is 2.51. The van der Waals surface area contributed by atoms with Gasteiger partial charge in [0.1, 0.15) is 0 Å². The molecule has 0 heterocycles. The number of carbonyl (C=O) groups excluding carboxylic acids is 1. The fraction of sp³-hybridized carbons (Fsp3) is 0.467.